The van der Waals surface area contributed by atoms with Crippen LogP contribution in [0.15, 0.2) is 53.3 Å². The minimum Gasteiger partial charge on any atom is -0.368 e. The molecule has 34 heavy (non-hydrogen) atoms. The van der Waals surface area contributed by atoms with Crippen LogP contribution in [0.1, 0.15) is 15.2 Å². The Kier molecular flexibility index (Phi) is 6.18. The molecule has 1 N–H and O–H groups in total. The molecule has 6 nitrogen and oxygen atoms in total. The van der Waals surface area contributed by atoms with Crippen molar-refractivity contribution < 1.29 is 13.6 Å². The number of anilines is 3. The van der Waals surface area contributed by atoms with Gasteiger partial charge in [-0.2, -0.15) is 0 Å². The molecule has 0 saturated carbocycles. The molecule has 1 fully saturated rings. The molecular weight excluding hydrogens is 524 g/mol. The number of halogens is 3. The lowest BCUT2D eigenvalue weighted by Crippen LogP contribution is -2.46. The number of carbonyl (C=O) groups is 1. The van der Waals surface area contributed by atoms with Gasteiger partial charge < -0.3 is 15.1 Å². The van der Waals surface area contributed by atoms with Crippen LogP contribution in [-0.2, 0) is 0 Å². The van der Waals surface area contributed by atoms with E-state index < -0.39 is 17.5 Å². The van der Waals surface area contributed by atoms with Gasteiger partial charge in [-0.3, -0.25) is 4.79 Å². The highest BCUT2D eigenvalue weighted by Gasteiger charge is 2.25. The number of fused-ring (bicyclic) bond motifs is 1. The van der Waals surface area contributed by atoms with Crippen molar-refractivity contribution in [3.05, 3.63) is 75.3 Å². The molecule has 0 aliphatic carbocycles. The summed E-state index contributed by atoms with van der Waals surface area (Å²) < 4.78 is 27.8. The minimum absolute atomic E-state index is 0.105. The van der Waals surface area contributed by atoms with E-state index in [0.717, 1.165) is 55.1 Å². The summed E-state index contributed by atoms with van der Waals surface area (Å²) in [5.41, 5.74) is 1.82. The molecule has 2 aromatic heterocycles. The molecule has 10 heteroatoms. The molecule has 1 aliphatic rings. The van der Waals surface area contributed by atoms with Crippen LogP contribution in [0.4, 0.5) is 26.0 Å². The predicted molar refractivity (Wildman–Crippen MR) is 135 cm³/mol. The molecule has 0 unspecified atom stereocenters. The van der Waals surface area contributed by atoms with E-state index in [1.165, 1.54) is 23.4 Å². The van der Waals surface area contributed by atoms with Crippen LogP contribution < -0.4 is 15.1 Å². The van der Waals surface area contributed by atoms with Gasteiger partial charge in [0.05, 0.1) is 16.0 Å². The second-order valence-electron chi connectivity index (χ2n) is 7.94. The van der Waals surface area contributed by atoms with E-state index in [1.807, 2.05) is 25.1 Å². The third-order valence-corrected chi connectivity index (χ3v) is 7.68. The van der Waals surface area contributed by atoms with E-state index in [9.17, 15) is 13.6 Å². The number of amides is 1. The van der Waals surface area contributed by atoms with Crippen LogP contribution in [-0.4, -0.2) is 42.1 Å². The molecule has 0 spiro atoms. The van der Waals surface area contributed by atoms with Crippen LogP contribution in [0.3, 0.4) is 0 Å². The zero-order valence-corrected chi connectivity index (χ0v) is 20.6. The number of aromatic nitrogens is 2. The third-order valence-electron chi connectivity index (χ3n) is 5.86. The maximum absolute atomic E-state index is 14.2. The van der Waals surface area contributed by atoms with E-state index in [2.05, 4.69) is 53.1 Å². The minimum atomic E-state index is -0.851. The Bertz CT molecular complexity index is 1350. The Morgan fingerprint density at radius 3 is 2.47 bits per heavy atom. The Balaban J connectivity index is 1.41. The van der Waals surface area contributed by atoms with Crippen molar-refractivity contribution in [1.82, 2.24) is 9.97 Å². The fourth-order valence-corrected chi connectivity index (χ4v) is 5.70. The number of piperazine rings is 1. The van der Waals surface area contributed by atoms with Gasteiger partial charge in [-0.05, 0) is 46.6 Å². The van der Waals surface area contributed by atoms with Crippen molar-refractivity contribution in [1.29, 1.82) is 0 Å². The average molecular weight is 544 g/mol. The lowest BCUT2D eigenvalue weighted by Gasteiger charge is -2.37. The van der Waals surface area contributed by atoms with E-state index >= 15 is 0 Å². The smallest absolute Gasteiger partial charge is 0.266 e. The quantitative estimate of drug-likeness (QED) is 0.362. The highest BCUT2D eigenvalue weighted by Crippen LogP contribution is 2.36. The summed E-state index contributed by atoms with van der Waals surface area (Å²) in [5, 5.41) is 3.38. The van der Waals surface area contributed by atoms with Gasteiger partial charge in [0.2, 0.25) is 0 Å². The molecule has 5 rings (SSSR count). The summed E-state index contributed by atoms with van der Waals surface area (Å²) in [4.78, 5) is 27.6. The summed E-state index contributed by atoms with van der Waals surface area (Å²) in [6, 6.07) is 12.1. The molecule has 1 saturated heterocycles. The van der Waals surface area contributed by atoms with Gasteiger partial charge in [-0.15, -0.1) is 11.3 Å². The molecule has 0 bridgehead atoms. The maximum Gasteiger partial charge on any atom is 0.266 e. The zero-order valence-electron chi connectivity index (χ0n) is 18.2. The summed E-state index contributed by atoms with van der Waals surface area (Å²) in [7, 11) is 0. The number of rotatable bonds is 4. The zero-order chi connectivity index (χ0) is 23.8. The molecule has 3 heterocycles. The average Bonchev–Trinajstić information content (AvgIpc) is 3.19. The number of thiophene rings is 1. The normalized spacial score (nSPS) is 14.0. The summed E-state index contributed by atoms with van der Waals surface area (Å²) in [6.45, 7) is 5.11. The van der Waals surface area contributed by atoms with E-state index in [4.69, 9.17) is 0 Å². The van der Waals surface area contributed by atoms with Crippen LogP contribution >= 0.6 is 27.3 Å². The summed E-state index contributed by atoms with van der Waals surface area (Å²) in [6.07, 6.45) is 1.51. The van der Waals surface area contributed by atoms with Crippen molar-refractivity contribution in [3.63, 3.8) is 0 Å². The summed E-state index contributed by atoms with van der Waals surface area (Å²) in [5.74, 6) is -1.27. The van der Waals surface area contributed by atoms with Crippen molar-refractivity contribution in [2.24, 2.45) is 0 Å². The first-order chi connectivity index (χ1) is 16.4. The van der Waals surface area contributed by atoms with Crippen LogP contribution in [0.5, 0.6) is 0 Å². The Hall–Kier alpha value is -3.11. The van der Waals surface area contributed by atoms with Crippen LogP contribution in [0, 0.1) is 18.6 Å². The lowest BCUT2D eigenvalue weighted by molar-refractivity contribution is 0.102. The first-order valence-electron chi connectivity index (χ1n) is 10.7. The van der Waals surface area contributed by atoms with Gasteiger partial charge in [0.15, 0.2) is 5.82 Å². The molecule has 2 aromatic carbocycles. The fourth-order valence-electron chi connectivity index (χ4n) is 4.16. The standard InChI is InChI=1S/C24H20BrF2N5OS/c1-14-19-22(32-9-7-31(8-10-32)16-5-3-2-4-6-16)28-13-29-24(19)34-21(14)23(33)30-20-17(25)11-15(26)12-18(20)27/h2-6,11-13H,7-10H2,1H3,(H,30,33). The molecular formula is C24H20BrF2N5OS. The third kappa shape index (κ3) is 4.23. The second kappa shape index (κ2) is 9.27. The fraction of sp³-hybridized carbons (Fsp3) is 0.208. The Morgan fingerprint density at radius 1 is 1.06 bits per heavy atom. The van der Waals surface area contributed by atoms with Crippen molar-refractivity contribution in [3.8, 4) is 0 Å². The van der Waals surface area contributed by atoms with Gasteiger partial charge in [-0.25, -0.2) is 18.7 Å². The number of benzene rings is 2. The van der Waals surface area contributed by atoms with Gasteiger partial charge in [0, 0.05) is 42.4 Å². The number of para-hydroxylation sites is 1. The van der Waals surface area contributed by atoms with Crippen molar-refractivity contribution >= 4 is 60.6 Å². The number of hydrogen-bond acceptors (Lipinski definition) is 6. The number of aryl methyl sites for hydroxylation is 1. The molecule has 1 amide bonds. The molecule has 0 atom stereocenters. The molecule has 1 aliphatic heterocycles. The predicted octanol–water partition coefficient (Wildman–Crippen LogP) is 5.62. The second-order valence-corrected chi connectivity index (χ2v) is 9.80. The highest BCUT2D eigenvalue weighted by molar-refractivity contribution is 9.10. The number of nitrogens with zero attached hydrogens (tertiary/aromatic N) is 4. The number of nitrogens with one attached hydrogen (secondary N) is 1. The van der Waals surface area contributed by atoms with E-state index in [1.54, 1.807) is 0 Å². The van der Waals surface area contributed by atoms with Crippen LogP contribution in [0.25, 0.3) is 10.2 Å². The maximum atomic E-state index is 14.2. The number of hydrogen-bond donors (Lipinski definition) is 1. The lowest BCUT2D eigenvalue weighted by atomic mass is 10.1. The highest BCUT2D eigenvalue weighted by atomic mass is 79.9. The van der Waals surface area contributed by atoms with Gasteiger partial charge >= 0.3 is 0 Å². The topological polar surface area (TPSA) is 61.4 Å². The monoisotopic (exact) mass is 543 g/mol. The van der Waals surface area contributed by atoms with E-state index in [0.29, 0.717) is 9.71 Å². The van der Waals surface area contributed by atoms with Crippen LogP contribution in [0.2, 0.25) is 0 Å². The Morgan fingerprint density at radius 2 is 1.76 bits per heavy atom. The SMILES string of the molecule is Cc1c(C(=O)Nc2c(F)cc(F)cc2Br)sc2ncnc(N3CCN(c4ccccc4)CC3)c12. The number of carbonyl (C=O) groups excluding carboxylic acids is 1. The van der Waals surface area contributed by atoms with E-state index in [-0.39, 0.29) is 10.2 Å². The van der Waals surface area contributed by atoms with Crippen molar-refractivity contribution in [2.45, 2.75) is 6.92 Å². The summed E-state index contributed by atoms with van der Waals surface area (Å²) >= 11 is 4.34. The van der Waals surface area contributed by atoms with Gasteiger partial charge in [-0.1, -0.05) is 18.2 Å². The Labute approximate surface area is 207 Å². The first-order valence-corrected chi connectivity index (χ1v) is 12.3. The van der Waals surface area contributed by atoms with Crippen molar-refractivity contribution in [2.75, 3.05) is 41.3 Å². The molecule has 4 aromatic rings. The van der Waals surface area contributed by atoms with Gasteiger partial charge in [0.25, 0.3) is 5.91 Å². The first kappa shape index (κ1) is 22.7. The molecule has 0 radical (unpaired) electrons. The van der Waals surface area contributed by atoms with Gasteiger partial charge in [0.1, 0.15) is 22.8 Å². The molecule has 174 valence electrons. The largest absolute Gasteiger partial charge is 0.368 e.